The molecule has 0 aliphatic carbocycles. The first-order valence-corrected chi connectivity index (χ1v) is 9.21. The first kappa shape index (κ1) is 19.5. The molecule has 3 aromatic rings. The Kier molecular flexibility index (Phi) is 6.26. The van der Waals surface area contributed by atoms with Gasteiger partial charge in [0, 0.05) is 39.3 Å². The van der Waals surface area contributed by atoms with Gasteiger partial charge in [0.2, 0.25) is 0 Å². The molecule has 0 unspecified atom stereocenters. The SMILES string of the molecule is O=c1ccn(CCOc2ccc(Cl)cc2Cc2cc(Cl)ccc2Cl)c(=O)[nH]1. The van der Waals surface area contributed by atoms with E-state index in [1.54, 1.807) is 36.4 Å². The lowest BCUT2D eigenvalue weighted by Gasteiger charge is -2.13. The minimum atomic E-state index is -0.479. The van der Waals surface area contributed by atoms with E-state index < -0.39 is 11.2 Å². The van der Waals surface area contributed by atoms with Gasteiger partial charge in [-0.05, 0) is 42.0 Å². The maximum Gasteiger partial charge on any atom is 0.328 e. The second-order valence-corrected chi connectivity index (χ2v) is 7.10. The third-order valence-corrected chi connectivity index (χ3v) is 4.74. The number of H-pyrrole nitrogens is 1. The molecular formula is C19H15Cl3N2O3. The van der Waals surface area contributed by atoms with Gasteiger partial charge in [-0.1, -0.05) is 34.8 Å². The molecule has 0 radical (unpaired) electrons. The minimum absolute atomic E-state index is 0.240. The van der Waals surface area contributed by atoms with Crippen molar-refractivity contribution in [3.05, 3.63) is 95.7 Å². The predicted octanol–water partition coefficient (Wildman–Crippen LogP) is 4.17. The number of ether oxygens (including phenoxy) is 1. The van der Waals surface area contributed by atoms with Gasteiger partial charge < -0.3 is 4.74 Å². The van der Waals surface area contributed by atoms with Crippen molar-refractivity contribution in [2.75, 3.05) is 6.61 Å². The molecule has 0 aliphatic heterocycles. The summed E-state index contributed by atoms with van der Waals surface area (Å²) in [5.41, 5.74) is 0.789. The van der Waals surface area contributed by atoms with Crippen LogP contribution in [0.2, 0.25) is 15.1 Å². The fourth-order valence-corrected chi connectivity index (χ4v) is 3.16. The second-order valence-electron chi connectivity index (χ2n) is 5.82. The summed E-state index contributed by atoms with van der Waals surface area (Å²) in [4.78, 5) is 25.0. The Bertz CT molecular complexity index is 1080. The normalized spacial score (nSPS) is 10.8. The number of nitrogens with one attached hydrogen (secondary N) is 1. The van der Waals surface area contributed by atoms with Crippen LogP contribution in [0.25, 0.3) is 0 Å². The molecule has 27 heavy (non-hydrogen) atoms. The highest BCUT2D eigenvalue weighted by Crippen LogP contribution is 2.29. The molecule has 0 saturated carbocycles. The molecule has 0 bridgehead atoms. The molecule has 0 fully saturated rings. The second kappa shape index (κ2) is 8.65. The highest BCUT2D eigenvalue weighted by Gasteiger charge is 2.10. The largest absolute Gasteiger partial charge is 0.491 e. The topological polar surface area (TPSA) is 64.1 Å². The number of hydrogen-bond acceptors (Lipinski definition) is 3. The lowest BCUT2D eigenvalue weighted by atomic mass is 10.0. The Labute approximate surface area is 170 Å². The fourth-order valence-electron chi connectivity index (χ4n) is 2.59. The van der Waals surface area contributed by atoms with Crippen LogP contribution < -0.4 is 16.0 Å². The monoisotopic (exact) mass is 424 g/mol. The molecule has 1 heterocycles. The van der Waals surface area contributed by atoms with Crippen molar-refractivity contribution < 1.29 is 4.74 Å². The lowest BCUT2D eigenvalue weighted by Crippen LogP contribution is -2.30. The summed E-state index contributed by atoms with van der Waals surface area (Å²) < 4.78 is 7.20. The van der Waals surface area contributed by atoms with E-state index in [1.807, 2.05) is 0 Å². The smallest absolute Gasteiger partial charge is 0.328 e. The number of halogens is 3. The van der Waals surface area contributed by atoms with Crippen molar-refractivity contribution in [3.8, 4) is 5.75 Å². The third kappa shape index (κ3) is 5.16. The van der Waals surface area contributed by atoms with Gasteiger partial charge in [0.1, 0.15) is 12.4 Å². The lowest BCUT2D eigenvalue weighted by molar-refractivity contribution is 0.293. The van der Waals surface area contributed by atoms with E-state index in [1.165, 1.54) is 16.8 Å². The molecule has 1 N–H and O–H groups in total. The van der Waals surface area contributed by atoms with Gasteiger partial charge in [0.15, 0.2) is 0 Å². The maximum absolute atomic E-state index is 11.7. The van der Waals surface area contributed by atoms with Gasteiger partial charge in [-0.3, -0.25) is 14.3 Å². The van der Waals surface area contributed by atoms with Crippen LogP contribution in [-0.2, 0) is 13.0 Å². The molecule has 8 heteroatoms. The zero-order chi connectivity index (χ0) is 19.4. The molecule has 1 aromatic heterocycles. The van der Waals surface area contributed by atoms with Crippen LogP contribution in [0.3, 0.4) is 0 Å². The molecule has 0 atom stereocenters. The van der Waals surface area contributed by atoms with Crippen molar-refractivity contribution in [1.82, 2.24) is 9.55 Å². The van der Waals surface area contributed by atoms with Crippen molar-refractivity contribution in [1.29, 1.82) is 0 Å². The van der Waals surface area contributed by atoms with Crippen LogP contribution in [0.4, 0.5) is 0 Å². The van der Waals surface area contributed by atoms with E-state index in [9.17, 15) is 9.59 Å². The molecule has 0 aliphatic rings. The Balaban J connectivity index is 1.76. The number of rotatable bonds is 6. The van der Waals surface area contributed by atoms with Gasteiger partial charge >= 0.3 is 5.69 Å². The van der Waals surface area contributed by atoms with E-state index >= 15 is 0 Å². The van der Waals surface area contributed by atoms with Crippen LogP contribution in [-0.4, -0.2) is 16.2 Å². The minimum Gasteiger partial charge on any atom is -0.491 e. The molecule has 0 saturated heterocycles. The molecule has 0 amide bonds. The van der Waals surface area contributed by atoms with Crippen LogP contribution in [0, 0.1) is 0 Å². The van der Waals surface area contributed by atoms with Crippen molar-refractivity contribution in [3.63, 3.8) is 0 Å². The Morgan fingerprint density at radius 3 is 2.37 bits per heavy atom. The van der Waals surface area contributed by atoms with Crippen LogP contribution in [0.5, 0.6) is 5.75 Å². The Morgan fingerprint density at radius 2 is 1.63 bits per heavy atom. The first-order valence-electron chi connectivity index (χ1n) is 8.07. The predicted molar refractivity (Wildman–Crippen MR) is 108 cm³/mol. The highest BCUT2D eigenvalue weighted by molar-refractivity contribution is 6.33. The Morgan fingerprint density at radius 1 is 0.926 bits per heavy atom. The zero-order valence-corrected chi connectivity index (χ0v) is 16.3. The van der Waals surface area contributed by atoms with Crippen LogP contribution in [0.1, 0.15) is 11.1 Å². The van der Waals surface area contributed by atoms with Gasteiger partial charge in [-0.2, -0.15) is 0 Å². The summed E-state index contributed by atoms with van der Waals surface area (Å²) in [5.74, 6) is 0.632. The zero-order valence-electron chi connectivity index (χ0n) is 14.0. The van der Waals surface area contributed by atoms with Crippen molar-refractivity contribution in [2.45, 2.75) is 13.0 Å². The summed E-state index contributed by atoms with van der Waals surface area (Å²) in [7, 11) is 0. The molecule has 3 rings (SSSR count). The molecule has 5 nitrogen and oxygen atoms in total. The quantitative estimate of drug-likeness (QED) is 0.645. The third-order valence-electron chi connectivity index (χ3n) is 3.90. The average molecular weight is 426 g/mol. The number of nitrogens with zero attached hydrogens (tertiary/aromatic N) is 1. The van der Waals surface area contributed by atoms with Gasteiger partial charge in [0.25, 0.3) is 5.56 Å². The molecule has 140 valence electrons. The van der Waals surface area contributed by atoms with Crippen molar-refractivity contribution in [2.24, 2.45) is 0 Å². The van der Waals surface area contributed by atoms with Crippen LogP contribution >= 0.6 is 34.8 Å². The standard InChI is InChI=1S/C19H15Cl3N2O3/c20-14-1-3-16(22)12(10-14)9-13-11-15(21)2-4-17(13)27-8-7-24-6-5-18(25)23-19(24)26/h1-6,10-11H,7-9H2,(H,23,25,26). The van der Waals surface area contributed by atoms with Crippen molar-refractivity contribution >= 4 is 34.8 Å². The first-order chi connectivity index (χ1) is 12.9. The molecular weight excluding hydrogens is 411 g/mol. The number of benzene rings is 2. The van der Waals surface area contributed by atoms with E-state index in [0.717, 1.165) is 11.1 Å². The van der Waals surface area contributed by atoms with Gasteiger partial charge in [-0.25, -0.2) is 4.79 Å². The average Bonchev–Trinajstić information content (AvgIpc) is 2.62. The summed E-state index contributed by atoms with van der Waals surface area (Å²) in [6.45, 7) is 0.527. The molecule has 2 aromatic carbocycles. The summed E-state index contributed by atoms with van der Waals surface area (Å²) in [6, 6.07) is 11.9. The van der Waals surface area contributed by atoms with Crippen LogP contribution in [0.15, 0.2) is 58.3 Å². The number of hydrogen-bond donors (Lipinski definition) is 1. The summed E-state index contributed by atoms with van der Waals surface area (Å²) in [6.07, 6.45) is 1.92. The van der Waals surface area contributed by atoms with E-state index in [4.69, 9.17) is 39.5 Å². The van der Waals surface area contributed by atoms with E-state index in [0.29, 0.717) is 27.2 Å². The maximum atomic E-state index is 11.7. The van der Waals surface area contributed by atoms with E-state index in [-0.39, 0.29) is 13.2 Å². The molecule has 0 spiro atoms. The highest BCUT2D eigenvalue weighted by atomic mass is 35.5. The Hall–Kier alpha value is -2.21. The van der Waals surface area contributed by atoms with Gasteiger partial charge in [0.05, 0.1) is 6.54 Å². The number of aromatic amines is 1. The van der Waals surface area contributed by atoms with E-state index in [2.05, 4.69) is 4.98 Å². The summed E-state index contributed by atoms with van der Waals surface area (Å²) in [5, 5.41) is 1.77. The fraction of sp³-hybridized carbons (Fsp3) is 0.158. The summed E-state index contributed by atoms with van der Waals surface area (Å²) >= 11 is 18.4. The van der Waals surface area contributed by atoms with Gasteiger partial charge in [-0.15, -0.1) is 0 Å². The number of aromatic nitrogens is 2.